The quantitative estimate of drug-likeness (QED) is 0.778. The van der Waals surface area contributed by atoms with E-state index in [4.69, 9.17) is 9.47 Å². The highest BCUT2D eigenvalue weighted by Gasteiger charge is 2.11. The summed E-state index contributed by atoms with van der Waals surface area (Å²) in [4.78, 5) is 12.2. The van der Waals surface area contributed by atoms with E-state index in [-0.39, 0.29) is 5.91 Å². The number of rotatable bonds is 6. The van der Waals surface area contributed by atoms with Gasteiger partial charge >= 0.3 is 0 Å². The molecule has 0 bridgehead atoms. The van der Waals surface area contributed by atoms with Crippen LogP contribution in [-0.4, -0.2) is 20.1 Å². The normalized spacial score (nSPS) is 10.4. The van der Waals surface area contributed by atoms with Crippen LogP contribution in [-0.2, 0) is 11.2 Å². The van der Waals surface area contributed by atoms with Crippen molar-refractivity contribution in [1.29, 1.82) is 0 Å². The van der Waals surface area contributed by atoms with E-state index < -0.39 is 0 Å². The van der Waals surface area contributed by atoms with Crippen LogP contribution < -0.4 is 14.8 Å². The highest BCUT2D eigenvalue weighted by molar-refractivity contribution is 9.10. The van der Waals surface area contributed by atoms with E-state index >= 15 is 0 Å². The standard InChI is InChI=1S/C19H22BrNO3/c1-12-5-7-15(9-13(12)2)21-19(22)8-6-14-10-17(23-3)18(24-4)11-16(14)20/h5,7,9-11H,6,8H2,1-4H3,(H,21,22). The molecule has 0 heterocycles. The molecule has 2 aromatic rings. The van der Waals surface area contributed by atoms with Crippen molar-refractivity contribution in [2.24, 2.45) is 0 Å². The molecule has 0 aliphatic heterocycles. The molecule has 0 fully saturated rings. The zero-order chi connectivity index (χ0) is 17.7. The second kappa shape index (κ2) is 8.20. The summed E-state index contributed by atoms with van der Waals surface area (Å²) in [5.74, 6) is 1.30. The maximum absolute atomic E-state index is 12.2. The molecule has 0 saturated carbocycles. The Bertz CT molecular complexity index is 744. The first kappa shape index (κ1) is 18.3. The van der Waals surface area contributed by atoms with Crippen molar-refractivity contribution >= 4 is 27.5 Å². The second-order valence-corrected chi connectivity index (χ2v) is 6.50. The van der Waals surface area contributed by atoms with Gasteiger partial charge in [0.05, 0.1) is 14.2 Å². The number of nitrogens with one attached hydrogen (secondary N) is 1. The molecule has 2 aromatic carbocycles. The molecular weight excluding hydrogens is 370 g/mol. The van der Waals surface area contributed by atoms with E-state index in [9.17, 15) is 4.79 Å². The summed E-state index contributed by atoms with van der Waals surface area (Å²) in [6.45, 7) is 4.08. The number of anilines is 1. The van der Waals surface area contributed by atoms with Crippen molar-refractivity contribution in [2.45, 2.75) is 26.7 Å². The lowest BCUT2D eigenvalue weighted by atomic mass is 10.1. The van der Waals surface area contributed by atoms with Crippen LogP contribution in [0.2, 0.25) is 0 Å². The molecule has 2 rings (SSSR count). The van der Waals surface area contributed by atoms with Crippen molar-refractivity contribution in [3.63, 3.8) is 0 Å². The maximum Gasteiger partial charge on any atom is 0.224 e. The van der Waals surface area contributed by atoms with Crippen LogP contribution in [0.3, 0.4) is 0 Å². The van der Waals surface area contributed by atoms with Crippen LogP contribution in [0.1, 0.15) is 23.1 Å². The Labute approximate surface area is 151 Å². The van der Waals surface area contributed by atoms with Crippen molar-refractivity contribution in [3.05, 3.63) is 51.5 Å². The minimum atomic E-state index is -0.0139. The maximum atomic E-state index is 12.2. The fourth-order valence-corrected chi connectivity index (χ4v) is 2.90. The van der Waals surface area contributed by atoms with E-state index in [0.717, 1.165) is 21.3 Å². The molecule has 0 aromatic heterocycles. The Balaban J connectivity index is 2.02. The average Bonchev–Trinajstić information content (AvgIpc) is 2.56. The van der Waals surface area contributed by atoms with Crippen LogP contribution in [0.4, 0.5) is 5.69 Å². The van der Waals surface area contributed by atoms with E-state index in [1.807, 2.05) is 37.3 Å². The first-order valence-corrected chi connectivity index (χ1v) is 8.51. The molecule has 4 nitrogen and oxygen atoms in total. The van der Waals surface area contributed by atoms with Crippen LogP contribution in [0.15, 0.2) is 34.8 Å². The van der Waals surface area contributed by atoms with Gasteiger partial charge in [-0.3, -0.25) is 4.79 Å². The topological polar surface area (TPSA) is 47.6 Å². The van der Waals surface area contributed by atoms with Gasteiger partial charge in [0.25, 0.3) is 0 Å². The Morgan fingerprint density at radius 2 is 1.71 bits per heavy atom. The zero-order valence-corrected chi connectivity index (χ0v) is 16.0. The first-order chi connectivity index (χ1) is 11.4. The molecule has 0 atom stereocenters. The van der Waals surface area contributed by atoms with E-state index in [1.165, 1.54) is 5.56 Å². The second-order valence-electron chi connectivity index (χ2n) is 5.65. The summed E-state index contributed by atoms with van der Waals surface area (Å²) in [6.07, 6.45) is 0.999. The molecule has 24 heavy (non-hydrogen) atoms. The van der Waals surface area contributed by atoms with Gasteiger partial charge in [-0.25, -0.2) is 0 Å². The lowest BCUT2D eigenvalue weighted by molar-refractivity contribution is -0.116. The largest absolute Gasteiger partial charge is 0.493 e. The van der Waals surface area contributed by atoms with Crippen LogP contribution in [0.25, 0.3) is 0 Å². The Kier molecular flexibility index (Phi) is 6.26. The number of carbonyl (C=O) groups is 1. The van der Waals surface area contributed by atoms with Gasteiger partial charge in [-0.1, -0.05) is 22.0 Å². The van der Waals surface area contributed by atoms with Gasteiger partial charge < -0.3 is 14.8 Å². The van der Waals surface area contributed by atoms with Gasteiger partial charge in [-0.15, -0.1) is 0 Å². The molecule has 5 heteroatoms. The Hall–Kier alpha value is -2.01. The third kappa shape index (κ3) is 4.51. The summed E-state index contributed by atoms with van der Waals surface area (Å²) in [5, 5.41) is 2.94. The number of benzene rings is 2. The van der Waals surface area contributed by atoms with Gasteiger partial charge in [0.2, 0.25) is 5.91 Å². The van der Waals surface area contributed by atoms with Crippen LogP contribution in [0, 0.1) is 13.8 Å². The molecule has 0 spiro atoms. The summed E-state index contributed by atoms with van der Waals surface area (Å²) in [7, 11) is 3.20. The van der Waals surface area contributed by atoms with Crippen molar-refractivity contribution in [1.82, 2.24) is 0 Å². The molecule has 0 aliphatic rings. The molecule has 0 saturated heterocycles. The summed E-state index contributed by atoms with van der Waals surface area (Å²) >= 11 is 3.52. The summed E-state index contributed by atoms with van der Waals surface area (Å²) in [5.41, 5.74) is 4.20. The number of aryl methyl sites for hydroxylation is 3. The number of ether oxygens (including phenoxy) is 2. The number of hydrogen-bond donors (Lipinski definition) is 1. The molecule has 0 aliphatic carbocycles. The SMILES string of the molecule is COc1cc(Br)c(CCC(=O)Nc2ccc(C)c(C)c2)cc1OC. The summed E-state index contributed by atoms with van der Waals surface area (Å²) < 4.78 is 11.5. The van der Waals surface area contributed by atoms with Gasteiger partial charge in [0.1, 0.15) is 0 Å². The van der Waals surface area contributed by atoms with Gasteiger partial charge in [0, 0.05) is 16.6 Å². The molecule has 0 radical (unpaired) electrons. The monoisotopic (exact) mass is 391 g/mol. The highest BCUT2D eigenvalue weighted by Crippen LogP contribution is 2.33. The van der Waals surface area contributed by atoms with E-state index in [1.54, 1.807) is 14.2 Å². The minimum absolute atomic E-state index is 0.0139. The lowest BCUT2D eigenvalue weighted by Crippen LogP contribution is -2.12. The lowest BCUT2D eigenvalue weighted by Gasteiger charge is -2.12. The molecule has 128 valence electrons. The number of halogens is 1. The smallest absolute Gasteiger partial charge is 0.224 e. The Morgan fingerprint density at radius 3 is 2.33 bits per heavy atom. The predicted molar refractivity (Wildman–Crippen MR) is 100 cm³/mol. The van der Waals surface area contributed by atoms with Crippen molar-refractivity contribution in [3.8, 4) is 11.5 Å². The number of amides is 1. The first-order valence-electron chi connectivity index (χ1n) is 7.72. The third-order valence-electron chi connectivity index (χ3n) is 3.96. The Morgan fingerprint density at radius 1 is 1.04 bits per heavy atom. The van der Waals surface area contributed by atoms with Gasteiger partial charge in [-0.2, -0.15) is 0 Å². The van der Waals surface area contributed by atoms with Crippen molar-refractivity contribution < 1.29 is 14.3 Å². The number of methoxy groups -OCH3 is 2. The van der Waals surface area contributed by atoms with Gasteiger partial charge in [-0.05, 0) is 61.2 Å². The zero-order valence-electron chi connectivity index (χ0n) is 14.4. The number of carbonyl (C=O) groups excluding carboxylic acids is 1. The summed E-state index contributed by atoms with van der Waals surface area (Å²) in [6, 6.07) is 9.67. The third-order valence-corrected chi connectivity index (χ3v) is 4.70. The average molecular weight is 392 g/mol. The predicted octanol–water partition coefficient (Wildman–Crippen LogP) is 4.65. The number of hydrogen-bond acceptors (Lipinski definition) is 3. The van der Waals surface area contributed by atoms with E-state index in [2.05, 4.69) is 28.2 Å². The molecule has 0 unspecified atom stereocenters. The van der Waals surface area contributed by atoms with E-state index in [0.29, 0.717) is 24.3 Å². The highest BCUT2D eigenvalue weighted by atomic mass is 79.9. The minimum Gasteiger partial charge on any atom is -0.493 e. The molecule has 1 amide bonds. The fourth-order valence-electron chi connectivity index (χ4n) is 2.38. The molecule has 1 N–H and O–H groups in total. The fraction of sp³-hybridized carbons (Fsp3) is 0.316. The van der Waals surface area contributed by atoms with Gasteiger partial charge in [0.15, 0.2) is 11.5 Å². The van der Waals surface area contributed by atoms with Crippen molar-refractivity contribution in [2.75, 3.05) is 19.5 Å². The van der Waals surface area contributed by atoms with Crippen LogP contribution >= 0.6 is 15.9 Å². The van der Waals surface area contributed by atoms with Crippen LogP contribution in [0.5, 0.6) is 11.5 Å². The molecular formula is C19H22BrNO3.